The fourth-order valence-electron chi connectivity index (χ4n) is 2.32. The summed E-state index contributed by atoms with van der Waals surface area (Å²) in [6.07, 6.45) is 4.42. The number of rotatable bonds is 3. The Balaban J connectivity index is 2.04. The summed E-state index contributed by atoms with van der Waals surface area (Å²) in [5, 5.41) is 4.70. The number of hydrogen-bond acceptors (Lipinski definition) is 2. The highest BCUT2D eigenvalue weighted by atomic mass is 35.5. The average Bonchev–Trinajstić information content (AvgIpc) is 2.84. The highest BCUT2D eigenvalue weighted by molar-refractivity contribution is 6.33. The Morgan fingerprint density at radius 2 is 2.28 bits per heavy atom. The molecule has 1 fully saturated rings. The van der Waals surface area contributed by atoms with Crippen LogP contribution in [-0.2, 0) is 0 Å². The number of nitrogens with one attached hydrogen (secondary N) is 1. The smallest absolute Gasteiger partial charge is 0.267 e. The van der Waals surface area contributed by atoms with Crippen LogP contribution in [0, 0.1) is 5.92 Å². The Morgan fingerprint density at radius 3 is 3.00 bits per heavy atom. The van der Waals surface area contributed by atoms with Crippen molar-refractivity contribution in [1.82, 2.24) is 5.43 Å². The molecule has 96 valence electrons. The van der Waals surface area contributed by atoms with Gasteiger partial charge in [-0.3, -0.25) is 4.79 Å². The van der Waals surface area contributed by atoms with E-state index < -0.39 is 0 Å². The third-order valence-corrected chi connectivity index (χ3v) is 3.70. The molecule has 0 heterocycles. The summed E-state index contributed by atoms with van der Waals surface area (Å²) in [6.45, 7) is 2.15. The number of carbonyl (C=O) groups excluding carboxylic acids is 1. The quantitative estimate of drug-likeness (QED) is 0.832. The lowest BCUT2D eigenvalue weighted by Gasteiger charge is -2.08. The van der Waals surface area contributed by atoms with Crippen LogP contribution in [-0.4, -0.2) is 11.6 Å². The molecule has 1 aliphatic rings. The van der Waals surface area contributed by atoms with Gasteiger partial charge in [0.15, 0.2) is 0 Å². The normalized spacial score (nSPS) is 21.2. The largest absolute Gasteiger partial charge is 0.272 e. The maximum absolute atomic E-state index is 11.9. The minimum absolute atomic E-state index is 0.241. The van der Waals surface area contributed by atoms with Gasteiger partial charge in [-0.05, 0) is 43.7 Å². The molecule has 0 spiro atoms. The van der Waals surface area contributed by atoms with Gasteiger partial charge < -0.3 is 0 Å². The Hall–Kier alpha value is -1.35. The lowest BCUT2D eigenvalue weighted by molar-refractivity contribution is 0.0954. The van der Waals surface area contributed by atoms with Crippen LogP contribution in [0.4, 0.5) is 0 Å². The Morgan fingerprint density at radius 1 is 1.50 bits per heavy atom. The first-order valence-electron chi connectivity index (χ1n) is 6.33. The van der Waals surface area contributed by atoms with Crippen molar-refractivity contribution in [3.8, 4) is 0 Å². The van der Waals surface area contributed by atoms with Gasteiger partial charge in [-0.2, -0.15) is 5.10 Å². The molecule has 1 saturated carbocycles. The Kier molecular flexibility index (Phi) is 4.37. The zero-order valence-corrected chi connectivity index (χ0v) is 11.2. The van der Waals surface area contributed by atoms with Gasteiger partial charge in [-0.1, -0.05) is 30.7 Å². The highest BCUT2D eigenvalue weighted by Crippen LogP contribution is 2.25. The molecular formula is C14H17ClN2O. The SMILES string of the molecule is CC[C@H]1CCCC1=NNC(=O)c1ccccc1Cl. The van der Waals surface area contributed by atoms with Gasteiger partial charge in [0.1, 0.15) is 0 Å². The molecule has 1 aromatic rings. The van der Waals surface area contributed by atoms with E-state index in [2.05, 4.69) is 17.5 Å². The second-order valence-electron chi connectivity index (χ2n) is 4.52. The van der Waals surface area contributed by atoms with Gasteiger partial charge in [0.05, 0.1) is 10.6 Å². The van der Waals surface area contributed by atoms with Gasteiger partial charge in [0, 0.05) is 5.71 Å². The Bertz CT molecular complexity index is 471. The summed E-state index contributed by atoms with van der Waals surface area (Å²) >= 11 is 5.96. The maximum Gasteiger partial charge on any atom is 0.272 e. The molecule has 0 aromatic heterocycles. The molecule has 0 unspecified atom stereocenters. The molecule has 1 amide bonds. The van der Waals surface area contributed by atoms with Crippen molar-refractivity contribution >= 4 is 23.2 Å². The predicted molar refractivity (Wildman–Crippen MR) is 74.0 cm³/mol. The summed E-state index contributed by atoms with van der Waals surface area (Å²) in [4.78, 5) is 11.9. The summed E-state index contributed by atoms with van der Waals surface area (Å²) in [5.41, 5.74) is 4.19. The van der Waals surface area contributed by atoms with E-state index in [1.807, 2.05) is 0 Å². The van der Waals surface area contributed by atoms with Crippen LogP contribution in [0.15, 0.2) is 29.4 Å². The first-order chi connectivity index (χ1) is 8.72. The number of carbonyl (C=O) groups is 1. The van der Waals surface area contributed by atoms with Gasteiger partial charge >= 0.3 is 0 Å². The van der Waals surface area contributed by atoms with Crippen molar-refractivity contribution < 1.29 is 4.79 Å². The van der Waals surface area contributed by atoms with E-state index in [0.717, 1.165) is 18.6 Å². The molecule has 0 radical (unpaired) electrons. The van der Waals surface area contributed by atoms with Crippen LogP contribution in [0.25, 0.3) is 0 Å². The molecule has 0 bridgehead atoms. The van der Waals surface area contributed by atoms with E-state index in [0.29, 0.717) is 16.5 Å². The van der Waals surface area contributed by atoms with Crippen LogP contribution in [0.2, 0.25) is 5.02 Å². The molecule has 0 saturated heterocycles. The van der Waals surface area contributed by atoms with E-state index in [9.17, 15) is 4.79 Å². The van der Waals surface area contributed by atoms with Gasteiger partial charge in [0.25, 0.3) is 5.91 Å². The van der Waals surface area contributed by atoms with Crippen LogP contribution in [0.5, 0.6) is 0 Å². The minimum atomic E-state index is -0.241. The maximum atomic E-state index is 11.9. The van der Waals surface area contributed by atoms with Crippen molar-refractivity contribution in [2.75, 3.05) is 0 Å². The number of hydrazone groups is 1. The fraction of sp³-hybridized carbons (Fsp3) is 0.429. The third-order valence-electron chi connectivity index (χ3n) is 3.37. The predicted octanol–water partition coefficient (Wildman–Crippen LogP) is 3.64. The summed E-state index contributed by atoms with van der Waals surface area (Å²) in [6, 6.07) is 6.99. The molecule has 1 aliphatic carbocycles. The van der Waals surface area contributed by atoms with Crippen LogP contribution in [0.3, 0.4) is 0 Å². The average molecular weight is 265 g/mol. The van der Waals surface area contributed by atoms with E-state index in [4.69, 9.17) is 11.6 Å². The number of nitrogens with zero attached hydrogens (tertiary/aromatic N) is 1. The van der Waals surface area contributed by atoms with E-state index in [-0.39, 0.29) is 5.91 Å². The standard InChI is InChI=1S/C14H17ClN2O/c1-2-10-6-5-9-13(10)16-17-14(18)11-7-3-4-8-12(11)15/h3-4,7-8,10H,2,5-6,9H2,1H3,(H,17,18)/t10-/m0/s1. The number of benzene rings is 1. The third kappa shape index (κ3) is 2.91. The molecule has 1 atom stereocenters. The Labute approximate surface area is 112 Å². The van der Waals surface area contributed by atoms with Crippen molar-refractivity contribution in [2.24, 2.45) is 11.0 Å². The zero-order chi connectivity index (χ0) is 13.0. The zero-order valence-electron chi connectivity index (χ0n) is 10.4. The molecule has 4 heteroatoms. The molecule has 0 aliphatic heterocycles. The molecule has 3 nitrogen and oxygen atoms in total. The topological polar surface area (TPSA) is 41.5 Å². The molecule has 1 N–H and O–H groups in total. The van der Waals surface area contributed by atoms with Crippen LogP contribution < -0.4 is 5.43 Å². The fourth-order valence-corrected chi connectivity index (χ4v) is 2.54. The van der Waals surface area contributed by atoms with Crippen molar-refractivity contribution in [3.63, 3.8) is 0 Å². The van der Waals surface area contributed by atoms with Crippen molar-refractivity contribution in [3.05, 3.63) is 34.9 Å². The van der Waals surface area contributed by atoms with E-state index in [1.54, 1.807) is 24.3 Å². The lowest BCUT2D eigenvalue weighted by Crippen LogP contribution is -2.21. The summed E-state index contributed by atoms with van der Waals surface area (Å²) < 4.78 is 0. The van der Waals surface area contributed by atoms with Crippen LogP contribution >= 0.6 is 11.6 Å². The number of halogens is 1. The lowest BCUT2D eigenvalue weighted by atomic mass is 10.0. The summed E-state index contributed by atoms with van der Waals surface area (Å²) in [7, 11) is 0. The van der Waals surface area contributed by atoms with Crippen molar-refractivity contribution in [1.29, 1.82) is 0 Å². The second-order valence-corrected chi connectivity index (χ2v) is 4.93. The molecule has 18 heavy (non-hydrogen) atoms. The molecule has 2 rings (SSSR count). The second kappa shape index (κ2) is 6.01. The number of amides is 1. The first-order valence-corrected chi connectivity index (χ1v) is 6.71. The van der Waals surface area contributed by atoms with Crippen molar-refractivity contribution in [2.45, 2.75) is 32.6 Å². The van der Waals surface area contributed by atoms with E-state index in [1.165, 1.54) is 12.8 Å². The van der Waals surface area contributed by atoms with Gasteiger partial charge in [-0.15, -0.1) is 0 Å². The van der Waals surface area contributed by atoms with Gasteiger partial charge in [0.2, 0.25) is 0 Å². The molecule has 1 aromatic carbocycles. The molecular weight excluding hydrogens is 248 g/mol. The van der Waals surface area contributed by atoms with E-state index >= 15 is 0 Å². The summed E-state index contributed by atoms with van der Waals surface area (Å²) in [5.74, 6) is 0.284. The monoisotopic (exact) mass is 264 g/mol. The first kappa shape index (κ1) is 13.1. The number of hydrogen-bond donors (Lipinski definition) is 1. The van der Waals surface area contributed by atoms with Gasteiger partial charge in [-0.25, -0.2) is 5.43 Å². The minimum Gasteiger partial charge on any atom is -0.267 e. The van der Waals surface area contributed by atoms with Crippen LogP contribution in [0.1, 0.15) is 43.0 Å². The highest BCUT2D eigenvalue weighted by Gasteiger charge is 2.21.